The minimum absolute atomic E-state index is 0.212. The van der Waals surface area contributed by atoms with Crippen LogP contribution in [0.25, 0.3) is 0 Å². The second kappa shape index (κ2) is 10.9. The van der Waals surface area contributed by atoms with Crippen molar-refractivity contribution < 1.29 is 13.9 Å². The molecule has 1 aliphatic heterocycles. The standard InChI is InChI=1S/C27H29FN4O2/c1-20-10-12-22(13-11-20)26(33)30-27(29-24-8-3-4-9-25(24)34-2)32-16-14-31(15-17-32)19-21-6-5-7-23(28)18-21/h3-13,18H,14-17,19H2,1-2H3,(H,29,30,33). The lowest BCUT2D eigenvalue weighted by atomic mass is 10.1. The number of ether oxygens (including phenoxy) is 1. The number of rotatable bonds is 5. The van der Waals surface area contributed by atoms with Crippen LogP contribution in [0.4, 0.5) is 10.1 Å². The average Bonchev–Trinajstić information content (AvgIpc) is 2.85. The number of methoxy groups -OCH3 is 1. The first-order valence-electron chi connectivity index (χ1n) is 11.3. The van der Waals surface area contributed by atoms with Gasteiger partial charge in [-0.25, -0.2) is 9.38 Å². The summed E-state index contributed by atoms with van der Waals surface area (Å²) in [6.07, 6.45) is 0. The summed E-state index contributed by atoms with van der Waals surface area (Å²) >= 11 is 0. The number of piperazine rings is 1. The van der Waals surface area contributed by atoms with E-state index in [9.17, 15) is 9.18 Å². The van der Waals surface area contributed by atoms with Crippen LogP contribution >= 0.6 is 0 Å². The van der Waals surface area contributed by atoms with Gasteiger partial charge in [0.05, 0.1) is 7.11 Å². The van der Waals surface area contributed by atoms with E-state index >= 15 is 0 Å². The highest BCUT2D eigenvalue weighted by molar-refractivity contribution is 6.06. The third-order valence-corrected chi connectivity index (χ3v) is 5.82. The molecule has 0 aliphatic carbocycles. The first kappa shape index (κ1) is 23.4. The van der Waals surface area contributed by atoms with E-state index in [2.05, 4.69) is 15.1 Å². The molecule has 3 aromatic carbocycles. The highest BCUT2D eigenvalue weighted by Gasteiger charge is 2.22. The number of para-hydroxylation sites is 2. The molecule has 6 nitrogen and oxygen atoms in total. The summed E-state index contributed by atoms with van der Waals surface area (Å²) in [5.41, 5.74) is 3.26. The Labute approximate surface area is 199 Å². The third-order valence-electron chi connectivity index (χ3n) is 5.82. The fraction of sp³-hybridized carbons (Fsp3) is 0.259. The topological polar surface area (TPSA) is 57.2 Å². The Morgan fingerprint density at radius 3 is 2.44 bits per heavy atom. The van der Waals surface area contributed by atoms with Crippen molar-refractivity contribution in [2.24, 2.45) is 4.99 Å². The van der Waals surface area contributed by atoms with E-state index in [1.165, 1.54) is 6.07 Å². The fourth-order valence-electron chi connectivity index (χ4n) is 3.90. The molecule has 4 rings (SSSR count). The molecule has 1 N–H and O–H groups in total. The van der Waals surface area contributed by atoms with E-state index in [0.29, 0.717) is 42.6 Å². The maximum Gasteiger partial charge on any atom is 0.257 e. The smallest absolute Gasteiger partial charge is 0.257 e. The molecule has 0 aromatic heterocycles. The van der Waals surface area contributed by atoms with Crippen LogP contribution in [0.2, 0.25) is 0 Å². The Hall–Kier alpha value is -3.71. The van der Waals surface area contributed by atoms with Gasteiger partial charge >= 0.3 is 0 Å². The number of aliphatic imine (C=N–C) groups is 1. The molecular weight excluding hydrogens is 431 g/mol. The van der Waals surface area contributed by atoms with Gasteiger partial charge in [0.15, 0.2) is 0 Å². The Kier molecular flexibility index (Phi) is 7.54. The first-order chi connectivity index (χ1) is 16.5. The molecule has 7 heteroatoms. The summed E-state index contributed by atoms with van der Waals surface area (Å²) in [6.45, 7) is 5.55. The number of nitrogens with one attached hydrogen (secondary N) is 1. The number of carbonyl (C=O) groups excluding carboxylic acids is 1. The minimum atomic E-state index is -0.221. The van der Waals surface area contributed by atoms with Crippen molar-refractivity contribution in [3.8, 4) is 5.75 Å². The number of hydrogen-bond acceptors (Lipinski definition) is 4. The summed E-state index contributed by atoms with van der Waals surface area (Å²) in [4.78, 5) is 22.1. The number of guanidine groups is 1. The van der Waals surface area contributed by atoms with Gasteiger partial charge in [-0.1, -0.05) is 42.0 Å². The molecule has 3 aromatic rings. The van der Waals surface area contributed by atoms with Crippen molar-refractivity contribution in [1.82, 2.24) is 15.1 Å². The van der Waals surface area contributed by atoms with Crippen LogP contribution in [0.5, 0.6) is 5.75 Å². The lowest BCUT2D eigenvalue weighted by molar-refractivity contribution is 0.0967. The summed E-state index contributed by atoms with van der Waals surface area (Å²) in [5, 5.41) is 3.01. The molecule has 0 unspecified atom stereocenters. The molecule has 1 amide bonds. The van der Waals surface area contributed by atoms with E-state index in [0.717, 1.165) is 24.2 Å². The molecule has 0 radical (unpaired) electrons. The van der Waals surface area contributed by atoms with Gasteiger partial charge in [-0.2, -0.15) is 0 Å². The van der Waals surface area contributed by atoms with Crippen molar-refractivity contribution in [1.29, 1.82) is 0 Å². The summed E-state index contributed by atoms with van der Waals surface area (Å²) in [6, 6.07) is 21.6. The predicted octanol–water partition coefficient (Wildman–Crippen LogP) is 4.38. The molecule has 34 heavy (non-hydrogen) atoms. The quantitative estimate of drug-likeness (QED) is 0.454. The zero-order valence-electron chi connectivity index (χ0n) is 19.5. The normalized spacial score (nSPS) is 14.7. The van der Waals surface area contributed by atoms with Crippen LogP contribution in [-0.2, 0) is 6.54 Å². The SMILES string of the molecule is COc1ccccc1N=C(NC(=O)c1ccc(C)cc1)N1CCN(Cc2cccc(F)c2)CC1. The summed E-state index contributed by atoms with van der Waals surface area (Å²) in [7, 11) is 1.60. The van der Waals surface area contributed by atoms with Crippen LogP contribution in [-0.4, -0.2) is 55.0 Å². The van der Waals surface area contributed by atoms with Crippen LogP contribution in [0, 0.1) is 12.7 Å². The number of nitrogens with zero attached hydrogens (tertiary/aromatic N) is 3. The molecule has 0 atom stereocenters. The van der Waals surface area contributed by atoms with Crippen molar-refractivity contribution in [3.05, 3.63) is 95.3 Å². The van der Waals surface area contributed by atoms with Gasteiger partial charge in [-0.3, -0.25) is 15.0 Å². The van der Waals surface area contributed by atoms with E-state index in [1.807, 2.05) is 61.5 Å². The van der Waals surface area contributed by atoms with Gasteiger partial charge < -0.3 is 9.64 Å². The molecule has 0 bridgehead atoms. The van der Waals surface area contributed by atoms with E-state index in [1.54, 1.807) is 19.2 Å². The zero-order valence-corrected chi connectivity index (χ0v) is 19.5. The van der Waals surface area contributed by atoms with Gasteiger partial charge in [0.2, 0.25) is 5.96 Å². The van der Waals surface area contributed by atoms with Gasteiger partial charge in [0.1, 0.15) is 17.3 Å². The average molecular weight is 461 g/mol. The number of halogens is 1. The Balaban J connectivity index is 1.51. The van der Waals surface area contributed by atoms with Gasteiger partial charge in [0.25, 0.3) is 5.91 Å². The fourth-order valence-corrected chi connectivity index (χ4v) is 3.90. The molecule has 176 valence electrons. The lowest BCUT2D eigenvalue weighted by Crippen LogP contribution is -2.53. The Morgan fingerprint density at radius 2 is 1.74 bits per heavy atom. The van der Waals surface area contributed by atoms with Gasteiger partial charge in [-0.15, -0.1) is 0 Å². The van der Waals surface area contributed by atoms with Crippen LogP contribution in [0.3, 0.4) is 0 Å². The van der Waals surface area contributed by atoms with Crippen LogP contribution < -0.4 is 10.1 Å². The maximum atomic E-state index is 13.5. The van der Waals surface area contributed by atoms with Crippen molar-refractivity contribution in [2.75, 3.05) is 33.3 Å². The van der Waals surface area contributed by atoms with E-state index in [-0.39, 0.29) is 11.7 Å². The second-order valence-corrected chi connectivity index (χ2v) is 8.32. The summed E-state index contributed by atoms with van der Waals surface area (Å²) in [5.74, 6) is 0.687. The molecule has 1 fully saturated rings. The van der Waals surface area contributed by atoms with Gasteiger partial charge in [0, 0.05) is 38.3 Å². The summed E-state index contributed by atoms with van der Waals surface area (Å²) < 4.78 is 19.0. The lowest BCUT2D eigenvalue weighted by Gasteiger charge is -2.36. The number of benzene rings is 3. The monoisotopic (exact) mass is 460 g/mol. The van der Waals surface area contributed by atoms with Crippen molar-refractivity contribution in [3.63, 3.8) is 0 Å². The van der Waals surface area contributed by atoms with Gasteiger partial charge in [-0.05, 0) is 48.9 Å². The minimum Gasteiger partial charge on any atom is -0.494 e. The highest BCUT2D eigenvalue weighted by Crippen LogP contribution is 2.27. The molecule has 1 aliphatic rings. The van der Waals surface area contributed by atoms with Crippen LogP contribution in [0.15, 0.2) is 77.8 Å². The molecule has 1 heterocycles. The van der Waals surface area contributed by atoms with E-state index in [4.69, 9.17) is 9.73 Å². The largest absolute Gasteiger partial charge is 0.494 e. The number of hydrogen-bond donors (Lipinski definition) is 1. The maximum absolute atomic E-state index is 13.5. The second-order valence-electron chi connectivity index (χ2n) is 8.32. The van der Waals surface area contributed by atoms with Crippen molar-refractivity contribution >= 4 is 17.6 Å². The molecule has 1 saturated heterocycles. The molecule has 0 spiro atoms. The van der Waals surface area contributed by atoms with Crippen molar-refractivity contribution in [2.45, 2.75) is 13.5 Å². The first-order valence-corrected chi connectivity index (χ1v) is 11.3. The van der Waals surface area contributed by atoms with E-state index < -0.39 is 0 Å². The molecular formula is C27H29FN4O2. The Morgan fingerprint density at radius 1 is 1.00 bits per heavy atom. The number of aryl methyl sites for hydroxylation is 1. The zero-order chi connectivity index (χ0) is 23.9. The predicted molar refractivity (Wildman–Crippen MR) is 132 cm³/mol. The Bertz CT molecular complexity index is 1160. The third kappa shape index (κ3) is 5.99. The number of carbonyl (C=O) groups is 1. The molecule has 0 saturated carbocycles. The highest BCUT2D eigenvalue weighted by atomic mass is 19.1. The van der Waals surface area contributed by atoms with Crippen LogP contribution in [0.1, 0.15) is 21.5 Å². The number of amides is 1.